The molecule has 172 valence electrons. The van der Waals surface area contributed by atoms with E-state index in [9.17, 15) is 4.79 Å². The number of nitrogens with one attached hydrogen (secondary N) is 1. The molecule has 2 fully saturated rings. The Morgan fingerprint density at radius 2 is 2.06 bits per heavy atom. The van der Waals surface area contributed by atoms with Gasteiger partial charge in [0.2, 0.25) is 5.91 Å². The summed E-state index contributed by atoms with van der Waals surface area (Å²) in [5.74, 6) is 1.32. The fourth-order valence-electron chi connectivity index (χ4n) is 5.37. The van der Waals surface area contributed by atoms with Crippen LogP contribution in [0.3, 0.4) is 0 Å². The van der Waals surface area contributed by atoms with Crippen LogP contribution in [0.1, 0.15) is 36.4 Å². The molecule has 7 rings (SSSR count). The number of aromatic amines is 1. The van der Waals surface area contributed by atoms with Gasteiger partial charge in [0.25, 0.3) is 0 Å². The maximum atomic E-state index is 12.2. The van der Waals surface area contributed by atoms with E-state index in [-0.39, 0.29) is 12.0 Å². The molecular formula is C26H26N6O2. The number of ether oxygens (including phenoxy) is 1. The predicted molar refractivity (Wildman–Crippen MR) is 127 cm³/mol. The Labute approximate surface area is 196 Å². The van der Waals surface area contributed by atoms with Gasteiger partial charge in [-0.3, -0.25) is 14.6 Å². The highest BCUT2D eigenvalue weighted by Gasteiger charge is 2.40. The van der Waals surface area contributed by atoms with Crippen molar-refractivity contribution in [1.29, 1.82) is 0 Å². The van der Waals surface area contributed by atoms with Crippen molar-refractivity contribution in [2.45, 2.75) is 38.1 Å². The Bertz CT molecular complexity index is 1430. The van der Waals surface area contributed by atoms with E-state index in [0.717, 1.165) is 78.1 Å². The SMILES string of the molecule is COc1cc2[nH]nc(-c3cnn(C4CN(C(=O)C5CC5)C4)c3)c2nc1-c1cccc2c1CCC2. The number of H-pyrrole nitrogens is 1. The summed E-state index contributed by atoms with van der Waals surface area (Å²) in [7, 11) is 1.69. The molecule has 1 saturated heterocycles. The van der Waals surface area contributed by atoms with Crippen molar-refractivity contribution < 1.29 is 9.53 Å². The van der Waals surface area contributed by atoms with Gasteiger partial charge in [0.15, 0.2) is 0 Å². The molecule has 2 aliphatic carbocycles. The Morgan fingerprint density at radius 1 is 1.18 bits per heavy atom. The highest BCUT2D eigenvalue weighted by atomic mass is 16.5. The van der Waals surface area contributed by atoms with Gasteiger partial charge in [-0.2, -0.15) is 10.2 Å². The Hall–Kier alpha value is -3.68. The van der Waals surface area contributed by atoms with Gasteiger partial charge in [-0.25, -0.2) is 4.98 Å². The van der Waals surface area contributed by atoms with Gasteiger partial charge in [0, 0.05) is 42.4 Å². The molecule has 3 aliphatic rings. The maximum absolute atomic E-state index is 12.2. The van der Waals surface area contributed by atoms with E-state index in [4.69, 9.17) is 9.72 Å². The second-order valence-electron chi connectivity index (χ2n) is 9.68. The van der Waals surface area contributed by atoms with E-state index in [0.29, 0.717) is 5.91 Å². The molecule has 8 heteroatoms. The Balaban J connectivity index is 1.23. The van der Waals surface area contributed by atoms with Crippen molar-refractivity contribution in [3.8, 4) is 28.3 Å². The summed E-state index contributed by atoms with van der Waals surface area (Å²) in [6.07, 6.45) is 9.32. The van der Waals surface area contributed by atoms with E-state index in [1.165, 1.54) is 17.5 Å². The Morgan fingerprint density at radius 3 is 2.88 bits per heavy atom. The number of aryl methyl sites for hydroxylation is 1. The highest BCUT2D eigenvalue weighted by molar-refractivity contribution is 5.93. The molecule has 3 aromatic heterocycles. The molecule has 1 aromatic carbocycles. The van der Waals surface area contributed by atoms with E-state index < -0.39 is 0 Å². The molecule has 1 N–H and O–H groups in total. The molecule has 1 saturated carbocycles. The number of pyridine rings is 1. The molecule has 0 bridgehead atoms. The minimum absolute atomic E-state index is 0.220. The topological polar surface area (TPSA) is 88.9 Å². The number of amides is 1. The molecule has 34 heavy (non-hydrogen) atoms. The number of benzene rings is 1. The maximum Gasteiger partial charge on any atom is 0.225 e. The fraction of sp³-hybridized carbons (Fsp3) is 0.385. The van der Waals surface area contributed by atoms with E-state index in [2.05, 4.69) is 33.5 Å². The average molecular weight is 455 g/mol. The molecule has 1 amide bonds. The number of carbonyl (C=O) groups excluding carboxylic acids is 1. The molecule has 0 unspecified atom stereocenters. The summed E-state index contributed by atoms with van der Waals surface area (Å²) >= 11 is 0. The summed E-state index contributed by atoms with van der Waals surface area (Å²) < 4.78 is 7.69. The van der Waals surface area contributed by atoms with Crippen LogP contribution in [0.15, 0.2) is 36.7 Å². The second kappa shape index (κ2) is 7.41. The minimum Gasteiger partial charge on any atom is -0.494 e. The van der Waals surface area contributed by atoms with Gasteiger partial charge in [0.1, 0.15) is 22.7 Å². The van der Waals surface area contributed by atoms with Crippen LogP contribution in [0.4, 0.5) is 0 Å². The second-order valence-corrected chi connectivity index (χ2v) is 9.68. The van der Waals surface area contributed by atoms with Gasteiger partial charge >= 0.3 is 0 Å². The van der Waals surface area contributed by atoms with Crippen molar-refractivity contribution in [2.75, 3.05) is 20.2 Å². The quantitative estimate of drug-likeness (QED) is 0.496. The van der Waals surface area contributed by atoms with Crippen molar-refractivity contribution in [1.82, 2.24) is 29.9 Å². The predicted octanol–water partition coefficient (Wildman–Crippen LogP) is 3.78. The first-order chi connectivity index (χ1) is 16.7. The van der Waals surface area contributed by atoms with Crippen LogP contribution in [0, 0.1) is 5.92 Å². The van der Waals surface area contributed by atoms with Crippen molar-refractivity contribution >= 4 is 16.9 Å². The lowest BCUT2D eigenvalue weighted by molar-refractivity contribution is -0.138. The number of hydrogen-bond donors (Lipinski definition) is 1. The number of aromatic nitrogens is 5. The van der Waals surface area contributed by atoms with Crippen molar-refractivity contribution in [2.24, 2.45) is 5.92 Å². The monoisotopic (exact) mass is 454 g/mol. The zero-order chi connectivity index (χ0) is 22.8. The number of methoxy groups -OCH3 is 1. The summed E-state index contributed by atoms with van der Waals surface area (Å²) in [5.41, 5.74) is 8.13. The normalized spacial score (nSPS) is 17.7. The molecule has 0 atom stereocenters. The van der Waals surface area contributed by atoms with Crippen molar-refractivity contribution in [3.63, 3.8) is 0 Å². The summed E-state index contributed by atoms with van der Waals surface area (Å²) in [4.78, 5) is 19.3. The molecule has 0 radical (unpaired) electrons. The lowest BCUT2D eigenvalue weighted by atomic mass is 9.99. The van der Waals surface area contributed by atoms with Crippen LogP contribution < -0.4 is 4.74 Å². The van der Waals surface area contributed by atoms with Gasteiger partial charge < -0.3 is 9.64 Å². The Kier molecular flexibility index (Phi) is 4.31. The standard InChI is InChI=1S/C26H26N6O2/c1-34-22-10-21-25(28-24(22)20-7-3-5-15-4-2-6-19(15)20)23(30-29-21)17-11-27-32(12-17)18-13-31(14-18)26(33)16-8-9-16/h3,5,7,10-12,16,18H,2,4,6,8-9,13-14H2,1H3,(H,29,30). The van der Waals surface area contributed by atoms with Gasteiger partial charge in [-0.1, -0.05) is 18.2 Å². The van der Waals surface area contributed by atoms with E-state index in [1.54, 1.807) is 7.11 Å². The van der Waals surface area contributed by atoms with Crippen LogP contribution >= 0.6 is 0 Å². The first-order valence-electron chi connectivity index (χ1n) is 12.1. The molecular weight excluding hydrogens is 428 g/mol. The van der Waals surface area contributed by atoms with E-state index in [1.807, 2.05) is 28.0 Å². The lowest BCUT2D eigenvalue weighted by Crippen LogP contribution is -2.51. The van der Waals surface area contributed by atoms with Crippen LogP contribution in [0.5, 0.6) is 5.75 Å². The third-order valence-electron chi connectivity index (χ3n) is 7.47. The largest absolute Gasteiger partial charge is 0.494 e. The van der Waals surface area contributed by atoms with Crippen LogP contribution in [-0.2, 0) is 17.6 Å². The van der Waals surface area contributed by atoms with Gasteiger partial charge in [-0.05, 0) is 43.2 Å². The zero-order valence-corrected chi connectivity index (χ0v) is 19.1. The summed E-state index contributed by atoms with van der Waals surface area (Å²) in [5, 5.41) is 12.3. The summed E-state index contributed by atoms with van der Waals surface area (Å²) in [6.45, 7) is 1.47. The first kappa shape index (κ1) is 19.8. The number of likely N-dealkylation sites (tertiary alicyclic amines) is 1. The van der Waals surface area contributed by atoms with E-state index >= 15 is 0 Å². The van der Waals surface area contributed by atoms with Gasteiger partial charge in [-0.15, -0.1) is 0 Å². The van der Waals surface area contributed by atoms with Crippen LogP contribution in [0.25, 0.3) is 33.5 Å². The lowest BCUT2D eigenvalue weighted by Gasteiger charge is -2.39. The number of fused-ring (bicyclic) bond motifs is 2. The molecule has 8 nitrogen and oxygen atoms in total. The smallest absolute Gasteiger partial charge is 0.225 e. The van der Waals surface area contributed by atoms with Crippen LogP contribution in [0.2, 0.25) is 0 Å². The number of nitrogens with zero attached hydrogens (tertiary/aromatic N) is 5. The first-order valence-corrected chi connectivity index (χ1v) is 12.1. The third-order valence-corrected chi connectivity index (χ3v) is 7.47. The zero-order valence-electron chi connectivity index (χ0n) is 19.1. The number of hydrogen-bond acceptors (Lipinski definition) is 5. The average Bonchev–Trinajstić information content (AvgIpc) is 3.19. The molecule has 4 heterocycles. The van der Waals surface area contributed by atoms with Crippen molar-refractivity contribution in [3.05, 3.63) is 47.8 Å². The summed E-state index contributed by atoms with van der Waals surface area (Å²) in [6, 6.07) is 8.68. The fourth-order valence-corrected chi connectivity index (χ4v) is 5.37. The third kappa shape index (κ3) is 3.04. The molecule has 1 aliphatic heterocycles. The molecule has 0 spiro atoms. The number of rotatable bonds is 5. The van der Waals surface area contributed by atoms with Gasteiger partial charge in [0.05, 0.1) is 24.9 Å². The highest BCUT2D eigenvalue weighted by Crippen LogP contribution is 2.39. The minimum atomic E-state index is 0.220. The molecule has 4 aromatic rings. The number of carbonyl (C=O) groups is 1. The van der Waals surface area contributed by atoms with Crippen LogP contribution in [-0.4, -0.2) is 56.0 Å².